The lowest BCUT2D eigenvalue weighted by molar-refractivity contribution is 0.0351. The minimum Gasteiger partial charge on any atom is -0.477 e. The molecule has 1 saturated heterocycles. The number of aryl methyl sites for hydroxylation is 2. The summed E-state index contributed by atoms with van der Waals surface area (Å²) >= 11 is 0. The van der Waals surface area contributed by atoms with Gasteiger partial charge in [0.05, 0.1) is 36.2 Å². The molecular weight excluding hydrogens is 470 g/mol. The van der Waals surface area contributed by atoms with E-state index in [0.717, 1.165) is 41.7 Å². The molecule has 4 heterocycles. The summed E-state index contributed by atoms with van der Waals surface area (Å²) in [5.41, 5.74) is 3.33. The van der Waals surface area contributed by atoms with Gasteiger partial charge in [0.2, 0.25) is 10.0 Å². The molecule has 2 aromatic heterocycles. The van der Waals surface area contributed by atoms with Gasteiger partial charge in [-0.05, 0) is 18.9 Å². The summed E-state index contributed by atoms with van der Waals surface area (Å²) in [4.78, 5) is 14.3. The number of fused-ring (bicyclic) bond motifs is 2. The van der Waals surface area contributed by atoms with Gasteiger partial charge in [0, 0.05) is 63.0 Å². The molecule has 5 rings (SSSR count). The monoisotopic (exact) mass is 501 g/mol. The van der Waals surface area contributed by atoms with Crippen LogP contribution in [0.15, 0.2) is 30.5 Å². The first-order valence-corrected chi connectivity index (χ1v) is 13.5. The molecule has 0 spiro atoms. The lowest BCUT2D eigenvalue weighted by Gasteiger charge is -2.31. The molecule has 0 aliphatic carbocycles. The van der Waals surface area contributed by atoms with Gasteiger partial charge in [-0.3, -0.25) is 9.58 Å². The molecule has 1 atom stereocenters. The van der Waals surface area contributed by atoms with Crippen molar-refractivity contribution in [3.8, 4) is 11.1 Å². The van der Waals surface area contributed by atoms with Crippen LogP contribution in [0.2, 0.25) is 0 Å². The van der Waals surface area contributed by atoms with Crippen molar-refractivity contribution in [2.75, 3.05) is 45.6 Å². The summed E-state index contributed by atoms with van der Waals surface area (Å²) in [5.74, 6) is -1.10. The Morgan fingerprint density at radius 1 is 1.17 bits per heavy atom. The van der Waals surface area contributed by atoms with Crippen LogP contribution in [0.3, 0.4) is 0 Å². The smallest absolute Gasteiger partial charge is 0.352 e. The van der Waals surface area contributed by atoms with Crippen LogP contribution in [0, 0.1) is 0 Å². The third-order valence-corrected chi connectivity index (χ3v) is 9.02. The third kappa shape index (κ3) is 4.49. The fourth-order valence-electron chi connectivity index (χ4n) is 5.27. The molecule has 2 aliphatic rings. The highest BCUT2D eigenvalue weighted by Crippen LogP contribution is 2.38. The van der Waals surface area contributed by atoms with Crippen molar-refractivity contribution in [3.63, 3.8) is 0 Å². The van der Waals surface area contributed by atoms with E-state index < -0.39 is 22.0 Å². The second-order valence-electron chi connectivity index (χ2n) is 9.28. The van der Waals surface area contributed by atoms with Crippen LogP contribution in [0.1, 0.15) is 35.1 Å². The van der Waals surface area contributed by atoms with Crippen molar-refractivity contribution in [2.45, 2.75) is 25.4 Å². The Balaban J connectivity index is 1.68. The van der Waals surface area contributed by atoms with E-state index in [-0.39, 0.29) is 11.4 Å². The Morgan fingerprint density at radius 3 is 2.69 bits per heavy atom. The zero-order valence-corrected chi connectivity index (χ0v) is 20.9. The first kappa shape index (κ1) is 24.0. The SMILES string of the molecule is CN1C(CCN2CCOCC2)c2nn(C)cc2-c2cccc3cc(C(=O)O)n(c23)CCCS1(=O)=O. The first-order valence-electron chi connectivity index (χ1n) is 11.9. The molecule has 188 valence electrons. The molecule has 1 N–H and O–H groups in total. The number of ether oxygens (including phenoxy) is 1. The second kappa shape index (κ2) is 9.38. The number of nitrogens with zero attached hydrogens (tertiary/aromatic N) is 5. The van der Waals surface area contributed by atoms with E-state index in [1.165, 1.54) is 4.31 Å². The number of aromatic carboxylic acids is 1. The van der Waals surface area contributed by atoms with Crippen LogP contribution in [-0.4, -0.2) is 88.7 Å². The molecule has 0 saturated carbocycles. The lowest BCUT2D eigenvalue weighted by atomic mass is 9.98. The maximum Gasteiger partial charge on any atom is 0.352 e. The fourth-order valence-corrected chi connectivity index (χ4v) is 6.65. The number of hydrogen-bond acceptors (Lipinski definition) is 6. The normalized spacial score (nSPS) is 21.5. The largest absolute Gasteiger partial charge is 0.477 e. The van der Waals surface area contributed by atoms with Crippen LogP contribution >= 0.6 is 0 Å². The van der Waals surface area contributed by atoms with Crippen LogP contribution in [0.4, 0.5) is 0 Å². The van der Waals surface area contributed by atoms with E-state index in [9.17, 15) is 18.3 Å². The van der Waals surface area contributed by atoms with E-state index >= 15 is 0 Å². The molecule has 0 radical (unpaired) electrons. The average molecular weight is 502 g/mol. The van der Waals surface area contributed by atoms with Gasteiger partial charge in [0.25, 0.3) is 0 Å². The van der Waals surface area contributed by atoms with Gasteiger partial charge in [-0.1, -0.05) is 18.2 Å². The number of aromatic nitrogens is 3. The summed E-state index contributed by atoms with van der Waals surface area (Å²) in [5, 5.41) is 15.4. The Labute approximate surface area is 204 Å². The maximum absolute atomic E-state index is 13.4. The van der Waals surface area contributed by atoms with Gasteiger partial charge < -0.3 is 14.4 Å². The quantitative estimate of drug-likeness (QED) is 0.583. The van der Waals surface area contributed by atoms with Crippen molar-refractivity contribution in [2.24, 2.45) is 7.05 Å². The standard InChI is InChI=1S/C24H31N5O5S/c1-26-16-19-18-6-3-5-17-15-21(24(30)31)29(23(17)18)8-4-14-35(32,33)27(2)20(22(19)25-26)7-9-28-10-12-34-13-11-28/h3,5-6,15-16,20H,4,7-14H2,1-2H3,(H,30,31). The van der Waals surface area contributed by atoms with Crippen molar-refractivity contribution >= 4 is 26.9 Å². The second-order valence-corrected chi connectivity index (χ2v) is 11.4. The van der Waals surface area contributed by atoms with E-state index in [4.69, 9.17) is 9.84 Å². The van der Waals surface area contributed by atoms with E-state index in [2.05, 4.69) is 4.90 Å². The van der Waals surface area contributed by atoms with Crippen molar-refractivity contribution in [1.29, 1.82) is 0 Å². The zero-order valence-electron chi connectivity index (χ0n) is 20.1. The molecule has 10 nitrogen and oxygen atoms in total. The van der Waals surface area contributed by atoms with Gasteiger partial charge in [0.1, 0.15) is 5.69 Å². The van der Waals surface area contributed by atoms with Crippen LogP contribution in [-0.2, 0) is 28.4 Å². The molecule has 1 fully saturated rings. The van der Waals surface area contributed by atoms with Gasteiger partial charge in [0.15, 0.2) is 0 Å². The Hall–Kier alpha value is -2.73. The number of sulfonamides is 1. The number of hydrogen-bond donors (Lipinski definition) is 1. The van der Waals surface area contributed by atoms with Crippen LogP contribution in [0.5, 0.6) is 0 Å². The average Bonchev–Trinajstić information content (AvgIpc) is 3.40. The van der Waals surface area contributed by atoms with Crippen molar-refractivity contribution in [1.82, 2.24) is 23.6 Å². The number of morpholine rings is 1. The van der Waals surface area contributed by atoms with Crippen LogP contribution in [0.25, 0.3) is 22.0 Å². The predicted octanol–water partition coefficient (Wildman–Crippen LogP) is 2.17. The predicted molar refractivity (Wildman–Crippen MR) is 132 cm³/mol. The minimum absolute atomic E-state index is 0.0688. The van der Waals surface area contributed by atoms with Crippen molar-refractivity contribution in [3.05, 3.63) is 41.9 Å². The lowest BCUT2D eigenvalue weighted by Crippen LogP contribution is -2.40. The molecule has 0 bridgehead atoms. The number of rotatable bonds is 4. The summed E-state index contributed by atoms with van der Waals surface area (Å²) in [6.45, 7) is 4.03. The molecular formula is C24H31N5O5S. The molecule has 11 heteroatoms. The number of carbonyl (C=O) groups is 1. The molecule has 3 aromatic rings. The Morgan fingerprint density at radius 2 is 1.94 bits per heavy atom. The zero-order chi connectivity index (χ0) is 24.7. The first-order chi connectivity index (χ1) is 16.8. The fraction of sp³-hybridized carbons (Fsp3) is 0.500. The highest BCUT2D eigenvalue weighted by Gasteiger charge is 2.33. The van der Waals surface area contributed by atoms with E-state index in [1.807, 2.05) is 31.4 Å². The molecule has 35 heavy (non-hydrogen) atoms. The number of carboxylic acid groups (broad SMARTS) is 1. The van der Waals surface area contributed by atoms with Crippen molar-refractivity contribution < 1.29 is 23.1 Å². The Kier molecular flexibility index (Phi) is 6.43. The molecule has 2 aliphatic heterocycles. The van der Waals surface area contributed by atoms with E-state index in [1.54, 1.807) is 22.4 Å². The minimum atomic E-state index is -3.60. The summed E-state index contributed by atoms with van der Waals surface area (Å²) in [6.07, 6.45) is 2.81. The summed E-state index contributed by atoms with van der Waals surface area (Å²) < 4.78 is 37.2. The summed E-state index contributed by atoms with van der Waals surface area (Å²) in [6, 6.07) is 6.99. The maximum atomic E-state index is 13.4. The van der Waals surface area contributed by atoms with Gasteiger partial charge >= 0.3 is 5.97 Å². The van der Waals surface area contributed by atoms with Crippen LogP contribution < -0.4 is 0 Å². The Bertz CT molecular complexity index is 1360. The van der Waals surface area contributed by atoms with Gasteiger partial charge in [-0.25, -0.2) is 13.2 Å². The summed E-state index contributed by atoms with van der Waals surface area (Å²) in [7, 11) is -0.139. The topological polar surface area (TPSA) is 110 Å². The third-order valence-electron chi connectivity index (χ3n) is 7.09. The number of benzene rings is 1. The number of para-hydroxylation sites is 1. The highest BCUT2D eigenvalue weighted by molar-refractivity contribution is 7.89. The molecule has 1 unspecified atom stereocenters. The molecule has 1 aromatic carbocycles. The number of carboxylic acids is 1. The van der Waals surface area contributed by atoms with E-state index in [0.29, 0.717) is 38.3 Å². The molecule has 0 amide bonds. The van der Waals surface area contributed by atoms with Gasteiger partial charge in [-0.15, -0.1) is 0 Å². The highest BCUT2D eigenvalue weighted by atomic mass is 32.2. The van der Waals surface area contributed by atoms with Gasteiger partial charge in [-0.2, -0.15) is 9.40 Å².